The molecule has 0 aromatic heterocycles. The van der Waals surface area contributed by atoms with Crippen LogP contribution in [-0.2, 0) is 5.33 Å². The van der Waals surface area contributed by atoms with Gasteiger partial charge in [-0.2, -0.15) is 0 Å². The number of nitrogen functional groups attached to an aromatic ring is 1. The van der Waals surface area contributed by atoms with E-state index in [4.69, 9.17) is 5.73 Å². The summed E-state index contributed by atoms with van der Waals surface area (Å²) in [6.45, 7) is 0. The molecule has 15 heavy (non-hydrogen) atoms. The number of nitrogens with two attached hydrogens (primary N) is 1. The summed E-state index contributed by atoms with van der Waals surface area (Å²) in [6.07, 6.45) is -4.93. The highest BCUT2D eigenvalue weighted by Gasteiger charge is 2.32. The number of benzene rings is 1. The van der Waals surface area contributed by atoms with E-state index in [0.29, 0.717) is 5.56 Å². The summed E-state index contributed by atoms with van der Waals surface area (Å²) in [7, 11) is 0. The first-order valence-electron chi connectivity index (χ1n) is 3.73. The van der Waals surface area contributed by atoms with Crippen molar-refractivity contribution in [3.63, 3.8) is 0 Å². The van der Waals surface area contributed by atoms with Crippen molar-refractivity contribution in [2.75, 3.05) is 5.73 Å². The highest BCUT2D eigenvalue weighted by Crippen LogP contribution is 2.30. The highest BCUT2D eigenvalue weighted by molar-refractivity contribution is 9.08. The summed E-state index contributed by atoms with van der Waals surface area (Å²) < 4.78 is 52.1. The second-order valence-electron chi connectivity index (χ2n) is 2.68. The van der Waals surface area contributed by atoms with Crippen molar-refractivity contribution in [1.82, 2.24) is 0 Å². The SMILES string of the molecule is Nc1cc(CBr)cc(OC(F)(F)F)c1F. The normalized spacial score (nSPS) is 11.5. The Hall–Kier alpha value is -0.980. The van der Waals surface area contributed by atoms with Crippen LogP contribution in [0.1, 0.15) is 5.56 Å². The second kappa shape index (κ2) is 4.26. The van der Waals surface area contributed by atoms with Gasteiger partial charge in [0.2, 0.25) is 0 Å². The lowest BCUT2D eigenvalue weighted by molar-refractivity contribution is -0.275. The summed E-state index contributed by atoms with van der Waals surface area (Å²) in [5, 5.41) is 0.256. The van der Waals surface area contributed by atoms with Gasteiger partial charge in [-0.05, 0) is 17.7 Å². The van der Waals surface area contributed by atoms with Crippen LogP contribution < -0.4 is 10.5 Å². The zero-order chi connectivity index (χ0) is 11.6. The van der Waals surface area contributed by atoms with Gasteiger partial charge < -0.3 is 10.5 Å². The van der Waals surface area contributed by atoms with Crippen molar-refractivity contribution in [3.05, 3.63) is 23.5 Å². The van der Waals surface area contributed by atoms with Crippen LogP contribution in [-0.4, -0.2) is 6.36 Å². The van der Waals surface area contributed by atoms with Gasteiger partial charge in [0.15, 0.2) is 11.6 Å². The Labute approximate surface area is 91.1 Å². The molecule has 1 aromatic rings. The van der Waals surface area contributed by atoms with Crippen molar-refractivity contribution in [2.24, 2.45) is 0 Å². The van der Waals surface area contributed by atoms with Crippen molar-refractivity contribution < 1.29 is 22.3 Å². The number of ether oxygens (including phenoxy) is 1. The summed E-state index contributed by atoms with van der Waals surface area (Å²) in [6, 6.07) is 2.17. The molecule has 0 radical (unpaired) electrons. The first kappa shape index (κ1) is 12.1. The van der Waals surface area contributed by atoms with Gasteiger partial charge in [0.05, 0.1) is 5.69 Å². The second-order valence-corrected chi connectivity index (χ2v) is 3.24. The maximum Gasteiger partial charge on any atom is 0.573 e. The van der Waals surface area contributed by atoms with Gasteiger partial charge >= 0.3 is 6.36 Å². The minimum Gasteiger partial charge on any atom is -0.403 e. The van der Waals surface area contributed by atoms with Gasteiger partial charge in [0.1, 0.15) is 0 Å². The number of hydrogen-bond donors (Lipinski definition) is 1. The van der Waals surface area contributed by atoms with Crippen molar-refractivity contribution in [2.45, 2.75) is 11.7 Å². The number of hydrogen-bond acceptors (Lipinski definition) is 2. The van der Waals surface area contributed by atoms with Crippen LogP contribution in [0.3, 0.4) is 0 Å². The van der Waals surface area contributed by atoms with E-state index < -0.39 is 17.9 Å². The molecule has 7 heteroatoms. The van der Waals surface area contributed by atoms with Crippen LogP contribution in [0.25, 0.3) is 0 Å². The molecule has 0 aliphatic rings. The number of anilines is 1. The lowest BCUT2D eigenvalue weighted by Gasteiger charge is -2.11. The Morgan fingerprint density at radius 1 is 1.33 bits per heavy atom. The molecule has 0 bridgehead atoms. The van der Waals surface area contributed by atoms with E-state index >= 15 is 0 Å². The zero-order valence-corrected chi connectivity index (χ0v) is 8.82. The smallest absolute Gasteiger partial charge is 0.403 e. The molecule has 0 unspecified atom stereocenters. The first-order valence-corrected chi connectivity index (χ1v) is 4.85. The molecule has 0 amide bonds. The van der Waals surface area contributed by atoms with Crippen LogP contribution in [0.5, 0.6) is 5.75 Å². The minimum atomic E-state index is -4.93. The summed E-state index contributed by atoms with van der Waals surface area (Å²) in [4.78, 5) is 0. The third-order valence-electron chi connectivity index (χ3n) is 1.51. The molecule has 0 fully saturated rings. The minimum absolute atomic E-state index is 0.256. The van der Waals surface area contributed by atoms with Gasteiger partial charge in [-0.25, -0.2) is 4.39 Å². The Bertz CT molecular complexity index is 366. The van der Waals surface area contributed by atoms with E-state index in [2.05, 4.69) is 20.7 Å². The lowest BCUT2D eigenvalue weighted by Crippen LogP contribution is -2.18. The molecule has 1 rings (SSSR count). The van der Waals surface area contributed by atoms with Crippen LogP contribution in [0.15, 0.2) is 12.1 Å². The maximum atomic E-state index is 13.1. The van der Waals surface area contributed by atoms with Gasteiger partial charge in [0.25, 0.3) is 0 Å². The van der Waals surface area contributed by atoms with Crippen molar-refractivity contribution in [3.8, 4) is 5.75 Å². The van der Waals surface area contributed by atoms with Crippen LogP contribution in [0, 0.1) is 5.82 Å². The summed E-state index contributed by atoms with van der Waals surface area (Å²) in [5.74, 6) is -2.13. The molecule has 0 aliphatic heterocycles. The molecule has 0 aliphatic carbocycles. The standard InChI is InChI=1S/C8H6BrF4NO/c9-3-4-1-5(14)7(10)6(2-4)15-8(11,12)13/h1-2H,3,14H2. The zero-order valence-electron chi connectivity index (χ0n) is 7.24. The fourth-order valence-electron chi connectivity index (χ4n) is 0.955. The first-order chi connectivity index (χ1) is 6.83. The number of halogens is 5. The number of rotatable bonds is 2. The van der Waals surface area contributed by atoms with Crippen molar-refractivity contribution in [1.29, 1.82) is 0 Å². The largest absolute Gasteiger partial charge is 0.573 e. The predicted octanol–water partition coefficient (Wildman–Crippen LogP) is 3.20. The molecular weight excluding hydrogens is 282 g/mol. The molecule has 1 aromatic carbocycles. The lowest BCUT2D eigenvalue weighted by atomic mass is 10.2. The van der Waals surface area contributed by atoms with E-state index in [0.717, 1.165) is 6.07 Å². The molecular formula is C8H6BrF4NO. The average molecular weight is 288 g/mol. The Morgan fingerprint density at radius 3 is 2.40 bits per heavy atom. The monoisotopic (exact) mass is 287 g/mol. The predicted molar refractivity (Wildman–Crippen MR) is 50.1 cm³/mol. The van der Waals surface area contributed by atoms with Gasteiger partial charge in [0, 0.05) is 5.33 Å². The van der Waals surface area contributed by atoms with E-state index in [1.807, 2.05) is 0 Å². The Kier molecular flexibility index (Phi) is 3.43. The Morgan fingerprint density at radius 2 is 1.93 bits per heavy atom. The molecule has 2 nitrogen and oxygen atoms in total. The molecule has 0 heterocycles. The van der Waals surface area contributed by atoms with Crippen LogP contribution >= 0.6 is 15.9 Å². The summed E-state index contributed by atoms with van der Waals surface area (Å²) >= 11 is 3.02. The summed E-state index contributed by atoms with van der Waals surface area (Å²) in [5.41, 5.74) is 5.19. The fraction of sp³-hybridized carbons (Fsp3) is 0.250. The van der Waals surface area contributed by atoms with E-state index in [1.165, 1.54) is 6.07 Å². The van der Waals surface area contributed by atoms with E-state index in [-0.39, 0.29) is 11.0 Å². The van der Waals surface area contributed by atoms with Crippen LogP contribution in [0.4, 0.5) is 23.2 Å². The van der Waals surface area contributed by atoms with Crippen LogP contribution in [0.2, 0.25) is 0 Å². The van der Waals surface area contributed by atoms with Crippen molar-refractivity contribution >= 4 is 21.6 Å². The van der Waals surface area contributed by atoms with Gasteiger partial charge in [-0.3, -0.25) is 0 Å². The quantitative estimate of drug-likeness (QED) is 0.515. The number of alkyl halides is 4. The molecule has 84 valence electrons. The highest BCUT2D eigenvalue weighted by atomic mass is 79.9. The molecule has 0 atom stereocenters. The van der Waals surface area contributed by atoms with E-state index in [9.17, 15) is 17.6 Å². The molecule has 0 spiro atoms. The average Bonchev–Trinajstić information content (AvgIpc) is 2.10. The topological polar surface area (TPSA) is 35.2 Å². The van der Waals surface area contributed by atoms with Gasteiger partial charge in [-0.15, -0.1) is 13.2 Å². The molecule has 0 saturated heterocycles. The fourth-order valence-corrected chi connectivity index (χ4v) is 1.28. The Balaban J connectivity index is 3.11. The maximum absolute atomic E-state index is 13.1. The molecule has 0 saturated carbocycles. The van der Waals surface area contributed by atoms with Gasteiger partial charge in [-0.1, -0.05) is 15.9 Å². The third kappa shape index (κ3) is 3.26. The molecule has 2 N–H and O–H groups in total. The van der Waals surface area contributed by atoms with E-state index in [1.54, 1.807) is 0 Å². The third-order valence-corrected chi connectivity index (χ3v) is 2.15.